The van der Waals surface area contributed by atoms with Gasteiger partial charge in [-0.1, -0.05) is 42.8 Å². The smallest absolute Gasteiger partial charge is 0.101 e. The minimum absolute atomic E-state index is 0.901. The molecule has 1 aromatic carbocycles. The first-order valence-electron chi connectivity index (χ1n) is 7.12. The number of pyridine rings is 1. The quantitative estimate of drug-likeness (QED) is 0.610. The molecule has 106 valence electrons. The van der Waals surface area contributed by atoms with Crippen molar-refractivity contribution in [1.29, 1.82) is 0 Å². The Kier molecular flexibility index (Phi) is 6.09. The van der Waals surface area contributed by atoms with Crippen LogP contribution in [-0.2, 0) is 12.3 Å². The second kappa shape index (κ2) is 8.08. The van der Waals surface area contributed by atoms with Crippen LogP contribution in [0.15, 0.2) is 47.6 Å². The summed E-state index contributed by atoms with van der Waals surface area (Å²) in [6, 6.07) is 12.8. The van der Waals surface area contributed by atoms with E-state index in [1.54, 1.807) is 0 Å². The largest absolute Gasteiger partial charge is 0.313 e. The molecule has 0 amide bonds. The summed E-state index contributed by atoms with van der Waals surface area (Å²) >= 11 is 1.82. The van der Waals surface area contributed by atoms with Gasteiger partial charge >= 0.3 is 0 Å². The van der Waals surface area contributed by atoms with Gasteiger partial charge in [-0.25, -0.2) is 4.98 Å². The number of nitrogens with one attached hydrogen (secondary N) is 1. The number of hydrogen-bond donors (Lipinski definition) is 1. The standard InChI is InChI=1S/C17H22N2S/c1-3-9-18-12-16-8-5-10-19-17(16)20-13-15-7-4-6-14(2)11-15/h4-8,10-11,18H,3,9,12-13H2,1-2H3. The Morgan fingerprint density at radius 1 is 1.20 bits per heavy atom. The Morgan fingerprint density at radius 2 is 2.10 bits per heavy atom. The lowest BCUT2D eigenvalue weighted by atomic mass is 10.2. The number of aromatic nitrogens is 1. The predicted molar refractivity (Wildman–Crippen MR) is 87.0 cm³/mol. The zero-order valence-electron chi connectivity index (χ0n) is 12.2. The number of aryl methyl sites for hydroxylation is 1. The van der Waals surface area contributed by atoms with Gasteiger partial charge in [0.15, 0.2) is 0 Å². The average molecular weight is 286 g/mol. The molecule has 0 radical (unpaired) electrons. The Balaban J connectivity index is 1.98. The normalized spacial score (nSPS) is 10.7. The molecule has 2 nitrogen and oxygen atoms in total. The van der Waals surface area contributed by atoms with E-state index in [9.17, 15) is 0 Å². The molecule has 0 aliphatic heterocycles. The van der Waals surface area contributed by atoms with Gasteiger partial charge in [0, 0.05) is 18.5 Å². The van der Waals surface area contributed by atoms with E-state index >= 15 is 0 Å². The Bertz CT molecular complexity index is 540. The molecule has 0 bridgehead atoms. The summed E-state index contributed by atoms with van der Waals surface area (Å²) in [7, 11) is 0. The lowest BCUT2D eigenvalue weighted by Crippen LogP contribution is -2.14. The maximum Gasteiger partial charge on any atom is 0.101 e. The summed E-state index contributed by atoms with van der Waals surface area (Å²) < 4.78 is 0. The zero-order chi connectivity index (χ0) is 14.2. The van der Waals surface area contributed by atoms with E-state index in [2.05, 4.69) is 54.5 Å². The van der Waals surface area contributed by atoms with Crippen molar-refractivity contribution in [1.82, 2.24) is 10.3 Å². The first-order chi connectivity index (χ1) is 9.79. The van der Waals surface area contributed by atoms with Gasteiger partial charge in [0.1, 0.15) is 5.03 Å². The lowest BCUT2D eigenvalue weighted by molar-refractivity contribution is 0.665. The molecule has 0 atom stereocenters. The number of hydrogen-bond acceptors (Lipinski definition) is 3. The molecule has 0 aliphatic carbocycles. The Labute approximate surface area is 126 Å². The summed E-state index contributed by atoms with van der Waals surface area (Å²) in [6.07, 6.45) is 3.04. The van der Waals surface area contributed by atoms with Crippen molar-refractivity contribution >= 4 is 11.8 Å². The third-order valence-corrected chi connectivity index (χ3v) is 4.17. The number of nitrogens with zero attached hydrogens (tertiary/aromatic N) is 1. The van der Waals surface area contributed by atoms with Gasteiger partial charge in [0.25, 0.3) is 0 Å². The molecule has 2 rings (SSSR count). The monoisotopic (exact) mass is 286 g/mol. The van der Waals surface area contributed by atoms with Crippen LogP contribution >= 0.6 is 11.8 Å². The van der Waals surface area contributed by atoms with E-state index in [0.717, 1.165) is 30.3 Å². The van der Waals surface area contributed by atoms with E-state index in [4.69, 9.17) is 0 Å². The van der Waals surface area contributed by atoms with Crippen molar-refractivity contribution in [2.24, 2.45) is 0 Å². The van der Waals surface area contributed by atoms with Crippen LogP contribution in [0.4, 0.5) is 0 Å². The molecular formula is C17H22N2S. The molecule has 20 heavy (non-hydrogen) atoms. The summed E-state index contributed by atoms with van der Waals surface area (Å²) in [5, 5.41) is 4.58. The van der Waals surface area contributed by atoms with E-state index < -0.39 is 0 Å². The second-order valence-corrected chi connectivity index (χ2v) is 5.89. The summed E-state index contributed by atoms with van der Waals surface area (Å²) in [4.78, 5) is 4.52. The van der Waals surface area contributed by atoms with Crippen LogP contribution in [-0.4, -0.2) is 11.5 Å². The lowest BCUT2D eigenvalue weighted by Gasteiger charge is -2.09. The molecule has 1 aromatic heterocycles. The second-order valence-electron chi connectivity index (χ2n) is 4.92. The van der Waals surface area contributed by atoms with Crippen LogP contribution in [0.3, 0.4) is 0 Å². The molecule has 1 heterocycles. The maximum absolute atomic E-state index is 4.52. The molecule has 0 unspecified atom stereocenters. The van der Waals surface area contributed by atoms with Gasteiger partial charge in [0.05, 0.1) is 0 Å². The highest BCUT2D eigenvalue weighted by atomic mass is 32.2. The van der Waals surface area contributed by atoms with Crippen LogP contribution in [0.25, 0.3) is 0 Å². The van der Waals surface area contributed by atoms with Crippen molar-refractivity contribution in [2.45, 2.75) is 37.6 Å². The molecule has 0 saturated heterocycles. The highest BCUT2D eigenvalue weighted by Gasteiger charge is 2.04. The minimum atomic E-state index is 0.901. The van der Waals surface area contributed by atoms with Crippen molar-refractivity contribution in [3.05, 3.63) is 59.3 Å². The van der Waals surface area contributed by atoms with Gasteiger partial charge in [-0.05, 0) is 37.1 Å². The van der Waals surface area contributed by atoms with Gasteiger partial charge < -0.3 is 5.32 Å². The summed E-state index contributed by atoms with van der Waals surface area (Å²) in [6.45, 7) is 6.27. The van der Waals surface area contributed by atoms with Crippen LogP contribution in [0.5, 0.6) is 0 Å². The van der Waals surface area contributed by atoms with Gasteiger partial charge in [-0.3, -0.25) is 0 Å². The molecule has 2 aromatic rings. The van der Waals surface area contributed by atoms with Gasteiger partial charge in [-0.2, -0.15) is 0 Å². The third-order valence-electron chi connectivity index (χ3n) is 3.05. The zero-order valence-corrected chi connectivity index (χ0v) is 13.0. The number of benzene rings is 1. The highest BCUT2D eigenvalue weighted by molar-refractivity contribution is 7.98. The highest BCUT2D eigenvalue weighted by Crippen LogP contribution is 2.24. The van der Waals surface area contributed by atoms with E-state index in [0.29, 0.717) is 0 Å². The molecule has 0 aliphatic rings. The van der Waals surface area contributed by atoms with Crippen molar-refractivity contribution < 1.29 is 0 Å². The summed E-state index contributed by atoms with van der Waals surface area (Å²) in [5.41, 5.74) is 3.96. The van der Waals surface area contributed by atoms with Crippen LogP contribution in [0, 0.1) is 6.92 Å². The fraction of sp³-hybridized carbons (Fsp3) is 0.353. The topological polar surface area (TPSA) is 24.9 Å². The Hall–Kier alpha value is -1.32. The number of thioether (sulfide) groups is 1. The molecule has 0 fully saturated rings. The van der Waals surface area contributed by atoms with Gasteiger partial charge in [0.2, 0.25) is 0 Å². The minimum Gasteiger partial charge on any atom is -0.313 e. The fourth-order valence-corrected chi connectivity index (χ4v) is 2.99. The predicted octanol–water partition coefficient (Wildman–Crippen LogP) is 4.18. The van der Waals surface area contributed by atoms with Gasteiger partial charge in [-0.15, -0.1) is 11.8 Å². The first-order valence-corrected chi connectivity index (χ1v) is 8.11. The van der Waals surface area contributed by atoms with E-state index in [-0.39, 0.29) is 0 Å². The molecule has 0 spiro atoms. The molecular weight excluding hydrogens is 264 g/mol. The molecule has 0 saturated carbocycles. The van der Waals surface area contributed by atoms with E-state index in [1.165, 1.54) is 16.7 Å². The molecule has 1 N–H and O–H groups in total. The Morgan fingerprint density at radius 3 is 2.90 bits per heavy atom. The van der Waals surface area contributed by atoms with Crippen LogP contribution < -0.4 is 5.32 Å². The van der Waals surface area contributed by atoms with Crippen molar-refractivity contribution in [3.63, 3.8) is 0 Å². The average Bonchev–Trinajstić information content (AvgIpc) is 2.47. The first kappa shape index (κ1) is 15.1. The maximum atomic E-state index is 4.52. The van der Waals surface area contributed by atoms with Crippen LogP contribution in [0.2, 0.25) is 0 Å². The number of rotatable bonds is 7. The SMILES string of the molecule is CCCNCc1cccnc1SCc1cccc(C)c1. The van der Waals surface area contributed by atoms with Crippen molar-refractivity contribution in [2.75, 3.05) is 6.54 Å². The third kappa shape index (κ3) is 4.66. The van der Waals surface area contributed by atoms with Crippen molar-refractivity contribution in [3.8, 4) is 0 Å². The summed E-state index contributed by atoms with van der Waals surface area (Å²) in [5.74, 6) is 0.972. The fourth-order valence-electron chi connectivity index (χ4n) is 2.04. The molecule has 3 heteroatoms. The van der Waals surface area contributed by atoms with Crippen LogP contribution in [0.1, 0.15) is 30.0 Å². The van der Waals surface area contributed by atoms with E-state index in [1.807, 2.05) is 24.0 Å².